The number of nitrogens with zero attached hydrogens (tertiary/aromatic N) is 2. The summed E-state index contributed by atoms with van der Waals surface area (Å²) in [6.45, 7) is 6.86. The van der Waals surface area contributed by atoms with E-state index in [0.717, 1.165) is 28.1 Å². The van der Waals surface area contributed by atoms with E-state index >= 15 is 0 Å². The van der Waals surface area contributed by atoms with Crippen LogP contribution in [-0.4, -0.2) is 28.0 Å². The van der Waals surface area contributed by atoms with Crippen LogP contribution in [0.2, 0.25) is 0 Å². The summed E-state index contributed by atoms with van der Waals surface area (Å²) in [5.74, 6) is 0.847. The third-order valence-electron chi connectivity index (χ3n) is 6.34. The number of fused-ring (bicyclic) bond motifs is 1. The molecule has 30 heavy (non-hydrogen) atoms. The van der Waals surface area contributed by atoms with Gasteiger partial charge in [0, 0.05) is 18.5 Å². The van der Waals surface area contributed by atoms with Gasteiger partial charge in [-0.2, -0.15) is 0 Å². The van der Waals surface area contributed by atoms with Gasteiger partial charge in [-0.15, -0.1) is 0 Å². The number of hydrogen-bond donors (Lipinski definition) is 1. The van der Waals surface area contributed by atoms with Crippen molar-refractivity contribution in [3.05, 3.63) is 88.8 Å². The van der Waals surface area contributed by atoms with Gasteiger partial charge in [0.2, 0.25) is 5.91 Å². The van der Waals surface area contributed by atoms with Crippen LogP contribution >= 0.6 is 0 Å². The molecule has 2 aromatic carbocycles. The molecule has 1 aromatic heterocycles. The van der Waals surface area contributed by atoms with Gasteiger partial charge < -0.3 is 15.2 Å². The molecule has 1 atom stereocenters. The smallest absolute Gasteiger partial charge is 0.242 e. The van der Waals surface area contributed by atoms with Gasteiger partial charge in [-0.25, -0.2) is 0 Å². The van der Waals surface area contributed by atoms with Crippen molar-refractivity contribution < 1.29 is 9.32 Å². The van der Waals surface area contributed by atoms with E-state index in [4.69, 9.17) is 10.3 Å². The number of carbonyl (C=O) groups is 1. The molecular weight excluding hydrogens is 374 g/mol. The zero-order chi connectivity index (χ0) is 21.3. The third-order valence-corrected chi connectivity index (χ3v) is 6.34. The minimum absolute atomic E-state index is 0.0220. The van der Waals surface area contributed by atoms with Crippen LogP contribution in [0.25, 0.3) is 0 Å². The molecule has 0 radical (unpaired) electrons. The Morgan fingerprint density at radius 1 is 1.07 bits per heavy atom. The zero-order valence-electron chi connectivity index (χ0n) is 17.8. The fourth-order valence-electron chi connectivity index (χ4n) is 4.02. The molecule has 1 aliphatic rings. The van der Waals surface area contributed by atoms with E-state index < -0.39 is 5.54 Å². The van der Waals surface area contributed by atoms with E-state index in [1.807, 2.05) is 62.1 Å². The summed E-state index contributed by atoms with van der Waals surface area (Å²) < 4.78 is 5.75. The molecule has 2 heterocycles. The largest absolute Gasteiger partial charge is 0.361 e. The predicted molar refractivity (Wildman–Crippen MR) is 117 cm³/mol. The van der Waals surface area contributed by atoms with Crippen LogP contribution in [0.5, 0.6) is 0 Å². The Kier molecular flexibility index (Phi) is 5.48. The van der Waals surface area contributed by atoms with E-state index in [1.54, 1.807) is 0 Å². The first-order chi connectivity index (χ1) is 14.4. The van der Waals surface area contributed by atoms with Gasteiger partial charge in [-0.05, 0) is 24.0 Å². The van der Waals surface area contributed by atoms with Crippen molar-refractivity contribution in [3.63, 3.8) is 0 Å². The topological polar surface area (TPSA) is 72.4 Å². The van der Waals surface area contributed by atoms with Crippen molar-refractivity contribution in [2.75, 3.05) is 6.54 Å². The van der Waals surface area contributed by atoms with Gasteiger partial charge in [-0.3, -0.25) is 4.79 Å². The first kappa shape index (κ1) is 20.4. The second-order valence-corrected chi connectivity index (χ2v) is 8.64. The highest BCUT2D eigenvalue weighted by Crippen LogP contribution is 2.36. The maximum atomic E-state index is 13.2. The first-order valence-corrected chi connectivity index (χ1v) is 10.5. The highest BCUT2D eigenvalue weighted by Gasteiger charge is 2.39. The third kappa shape index (κ3) is 3.65. The molecule has 2 N–H and O–H groups in total. The molecule has 5 heteroatoms. The summed E-state index contributed by atoms with van der Waals surface area (Å²) in [4.78, 5) is 15.0. The Morgan fingerprint density at radius 3 is 2.17 bits per heavy atom. The molecule has 3 aromatic rings. The van der Waals surface area contributed by atoms with Crippen molar-refractivity contribution in [1.82, 2.24) is 10.1 Å². The Hall–Kier alpha value is -2.92. The fourth-order valence-corrected chi connectivity index (χ4v) is 4.02. The molecule has 5 nitrogen and oxygen atoms in total. The molecule has 0 spiro atoms. The number of hydrogen-bond acceptors (Lipinski definition) is 4. The second kappa shape index (κ2) is 8.07. The van der Waals surface area contributed by atoms with E-state index in [0.29, 0.717) is 19.5 Å². The van der Waals surface area contributed by atoms with Crippen LogP contribution in [0.3, 0.4) is 0 Å². The van der Waals surface area contributed by atoms with E-state index in [9.17, 15) is 4.79 Å². The van der Waals surface area contributed by atoms with Crippen molar-refractivity contribution in [2.24, 2.45) is 11.7 Å². The average molecular weight is 404 g/mol. The molecular formula is C25H29N3O2. The quantitative estimate of drug-likeness (QED) is 0.696. The number of amides is 1. The lowest BCUT2D eigenvalue weighted by atomic mass is 9.84. The summed E-state index contributed by atoms with van der Waals surface area (Å²) in [6, 6.07) is 20.6. The molecule has 0 saturated carbocycles. The molecule has 0 saturated heterocycles. The monoisotopic (exact) mass is 403 g/mol. The SMILES string of the molecule is CC(C)C(C)(N)C(=O)N1CCc2onc(C(c3ccccc3)c3ccccc3)c2C1. The molecule has 1 unspecified atom stereocenters. The van der Waals surface area contributed by atoms with E-state index in [2.05, 4.69) is 29.4 Å². The Balaban J connectivity index is 1.73. The number of nitrogens with two attached hydrogens (primary N) is 1. The lowest BCUT2D eigenvalue weighted by molar-refractivity contribution is -0.139. The van der Waals surface area contributed by atoms with Crippen LogP contribution in [0.1, 0.15) is 54.8 Å². The minimum Gasteiger partial charge on any atom is -0.361 e. The van der Waals surface area contributed by atoms with Crippen LogP contribution in [-0.2, 0) is 17.8 Å². The van der Waals surface area contributed by atoms with E-state index in [1.165, 1.54) is 0 Å². The average Bonchev–Trinajstić information content (AvgIpc) is 3.18. The van der Waals surface area contributed by atoms with Crippen molar-refractivity contribution >= 4 is 5.91 Å². The molecule has 0 bridgehead atoms. The summed E-state index contributed by atoms with van der Waals surface area (Å²) in [5, 5.41) is 4.50. The Bertz CT molecular complexity index is 970. The minimum atomic E-state index is -0.896. The van der Waals surface area contributed by atoms with Crippen molar-refractivity contribution in [3.8, 4) is 0 Å². The second-order valence-electron chi connectivity index (χ2n) is 8.64. The molecule has 1 amide bonds. The highest BCUT2D eigenvalue weighted by atomic mass is 16.5. The lowest BCUT2D eigenvalue weighted by Gasteiger charge is -2.36. The van der Waals surface area contributed by atoms with Gasteiger partial charge in [0.05, 0.1) is 18.0 Å². The summed E-state index contributed by atoms with van der Waals surface area (Å²) >= 11 is 0. The molecule has 0 fully saturated rings. The van der Waals surface area contributed by atoms with Crippen molar-refractivity contribution in [2.45, 2.75) is 45.2 Å². The van der Waals surface area contributed by atoms with Crippen molar-refractivity contribution in [1.29, 1.82) is 0 Å². The van der Waals surface area contributed by atoms with Crippen LogP contribution < -0.4 is 5.73 Å². The lowest BCUT2D eigenvalue weighted by Crippen LogP contribution is -2.57. The van der Waals surface area contributed by atoms with Gasteiger partial charge >= 0.3 is 0 Å². The van der Waals surface area contributed by atoms with E-state index in [-0.39, 0.29) is 17.7 Å². The van der Waals surface area contributed by atoms with Crippen LogP contribution in [0.15, 0.2) is 65.2 Å². The maximum Gasteiger partial charge on any atom is 0.242 e. The van der Waals surface area contributed by atoms with Crippen LogP contribution in [0.4, 0.5) is 0 Å². The van der Waals surface area contributed by atoms with Gasteiger partial charge in [0.25, 0.3) is 0 Å². The number of benzene rings is 2. The number of aromatic nitrogens is 1. The zero-order valence-corrected chi connectivity index (χ0v) is 17.8. The molecule has 156 valence electrons. The Labute approximate surface area is 177 Å². The van der Waals surface area contributed by atoms with Gasteiger partial charge in [0.15, 0.2) is 0 Å². The first-order valence-electron chi connectivity index (χ1n) is 10.5. The fraction of sp³-hybridized carbons (Fsp3) is 0.360. The van der Waals surface area contributed by atoms with Gasteiger partial charge in [-0.1, -0.05) is 79.7 Å². The number of rotatable bonds is 5. The maximum absolute atomic E-state index is 13.2. The summed E-state index contributed by atoms with van der Waals surface area (Å²) in [6.07, 6.45) is 0.651. The predicted octanol–water partition coefficient (Wildman–Crippen LogP) is 4.11. The number of carbonyl (C=O) groups excluding carboxylic acids is 1. The normalized spacial score (nSPS) is 15.9. The van der Waals surface area contributed by atoms with Crippen LogP contribution in [0, 0.1) is 5.92 Å². The summed E-state index contributed by atoms with van der Waals surface area (Å²) in [7, 11) is 0. The molecule has 4 rings (SSSR count). The highest BCUT2D eigenvalue weighted by molar-refractivity contribution is 5.86. The standard InChI is InChI=1S/C25H29N3O2/c1-17(2)25(3,26)24(29)28-15-14-21-20(16-28)23(27-30-21)22(18-10-6-4-7-11-18)19-12-8-5-9-13-19/h4-13,17,22H,14-16,26H2,1-3H3. The molecule has 1 aliphatic heterocycles. The Morgan fingerprint density at radius 2 is 1.63 bits per heavy atom. The van der Waals surface area contributed by atoms with Gasteiger partial charge in [0.1, 0.15) is 11.5 Å². The molecule has 0 aliphatic carbocycles. The summed E-state index contributed by atoms with van der Waals surface area (Å²) in [5.41, 5.74) is 9.66.